The number of benzene rings is 2. The largest absolute Gasteiger partial charge is 0.432 e. The minimum Gasteiger partial charge on any atom is -0.432 e. The highest BCUT2D eigenvalue weighted by atomic mass is 79.9. The molecule has 0 spiro atoms. The Morgan fingerprint density at radius 2 is 1.84 bits per heavy atom. The molecule has 0 aromatic heterocycles. The second-order valence-corrected chi connectivity index (χ2v) is 7.17. The van der Waals surface area contributed by atoms with Crippen molar-refractivity contribution < 1.29 is 9.53 Å². The molecule has 0 saturated carbocycles. The lowest BCUT2D eigenvalue weighted by Crippen LogP contribution is -2.37. The number of anilines is 1. The molecule has 1 fully saturated rings. The Bertz CT molecular complexity index is 776. The molecule has 0 bridgehead atoms. The van der Waals surface area contributed by atoms with E-state index in [0.29, 0.717) is 16.5 Å². The highest BCUT2D eigenvalue weighted by molar-refractivity contribution is 9.10. The highest BCUT2D eigenvalue weighted by Crippen LogP contribution is 2.19. The van der Waals surface area contributed by atoms with Crippen molar-refractivity contribution in [3.63, 3.8) is 0 Å². The molecular weight excluding hydrogens is 400 g/mol. The lowest BCUT2D eigenvalue weighted by atomic mass is 10.1. The van der Waals surface area contributed by atoms with Crippen molar-refractivity contribution in [3.05, 3.63) is 58.6 Å². The molecule has 2 aromatic carbocycles. The van der Waals surface area contributed by atoms with Crippen LogP contribution in [0.25, 0.3) is 0 Å². The molecule has 0 atom stereocenters. The number of rotatable bonds is 3. The first kappa shape index (κ1) is 17.9. The Labute approximate surface area is 161 Å². The third-order valence-electron chi connectivity index (χ3n) is 4.00. The summed E-state index contributed by atoms with van der Waals surface area (Å²) >= 11 is 8.78. The van der Waals surface area contributed by atoms with Gasteiger partial charge in [0.15, 0.2) is 0 Å². The van der Waals surface area contributed by atoms with Gasteiger partial charge in [-0.3, -0.25) is 4.79 Å². The zero-order valence-corrected chi connectivity index (χ0v) is 16.1. The van der Waals surface area contributed by atoms with E-state index in [4.69, 9.17) is 17.0 Å². The van der Waals surface area contributed by atoms with E-state index in [1.807, 2.05) is 30.3 Å². The number of hydrogen-bond acceptors (Lipinski definition) is 3. The van der Waals surface area contributed by atoms with Crippen molar-refractivity contribution in [2.24, 2.45) is 0 Å². The Morgan fingerprint density at radius 1 is 1.08 bits per heavy atom. The summed E-state index contributed by atoms with van der Waals surface area (Å²) in [7, 11) is 0. The third kappa shape index (κ3) is 5.03. The van der Waals surface area contributed by atoms with E-state index in [2.05, 4.69) is 26.1 Å². The van der Waals surface area contributed by atoms with Crippen molar-refractivity contribution in [1.29, 1.82) is 0 Å². The molecular formula is C19H19BrN2O2S. The number of nitrogens with one attached hydrogen (secondary N) is 1. The topological polar surface area (TPSA) is 41.6 Å². The van der Waals surface area contributed by atoms with Gasteiger partial charge in [-0.1, -0.05) is 28.1 Å². The molecule has 4 nitrogen and oxygen atoms in total. The number of carbonyl (C=O) groups is 1. The van der Waals surface area contributed by atoms with Gasteiger partial charge in [-0.05, 0) is 67.9 Å². The van der Waals surface area contributed by atoms with Crippen LogP contribution in [0.1, 0.15) is 29.6 Å². The van der Waals surface area contributed by atoms with Gasteiger partial charge in [0.05, 0.1) is 0 Å². The SMILES string of the molecule is O=C(Nc1cccc(Br)c1)c1cccc(OC(=S)N2CCCCC2)c1. The smallest absolute Gasteiger partial charge is 0.264 e. The van der Waals surface area contributed by atoms with Crippen LogP contribution in [0.15, 0.2) is 53.0 Å². The number of halogens is 1. The summed E-state index contributed by atoms with van der Waals surface area (Å²) in [5, 5.41) is 3.35. The van der Waals surface area contributed by atoms with Gasteiger partial charge >= 0.3 is 0 Å². The van der Waals surface area contributed by atoms with Gasteiger partial charge in [0.1, 0.15) is 5.75 Å². The summed E-state index contributed by atoms with van der Waals surface area (Å²) in [5.41, 5.74) is 1.26. The minimum absolute atomic E-state index is 0.188. The first-order valence-electron chi connectivity index (χ1n) is 8.25. The monoisotopic (exact) mass is 418 g/mol. The molecule has 1 N–H and O–H groups in total. The van der Waals surface area contributed by atoms with Crippen LogP contribution in [0.3, 0.4) is 0 Å². The zero-order chi connectivity index (χ0) is 17.6. The van der Waals surface area contributed by atoms with Crippen LogP contribution in [0.4, 0.5) is 5.69 Å². The number of nitrogens with zero attached hydrogens (tertiary/aromatic N) is 1. The Kier molecular flexibility index (Phi) is 6.04. The van der Waals surface area contributed by atoms with Crippen LogP contribution >= 0.6 is 28.1 Å². The molecule has 1 amide bonds. The number of likely N-dealkylation sites (tertiary alicyclic amines) is 1. The molecule has 1 aliphatic heterocycles. The summed E-state index contributed by atoms with van der Waals surface area (Å²) in [6.07, 6.45) is 3.52. The van der Waals surface area contributed by atoms with Crippen molar-refractivity contribution in [3.8, 4) is 5.75 Å². The van der Waals surface area contributed by atoms with E-state index in [9.17, 15) is 4.79 Å². The van der Waals surface area contributed by atoms with Crippen molar-refractivity contribution in [2.75, 3.05) is 18.4 Å². The van der Waals surface area contributed by atoms with Gasteiger partial charge in [0.25, 0.3) is 11.1 Å². The summed E-state index contributed by atoms with van der Waals surface area (Å²) in [6.45, 7) is 1.86. The lowest BCUT2D eigenvalue weighted by Gasteiger charge is -2.28. The molecule has 1 saturated heterocycles. The Hall–Kier alpha value is -1.92. The first-order valence-corrected chi connectivity index (χ1v) is 9.46. The first-order chi connectivity index (χ1) is 12.1. The fourth-order valence-electron chi connectivity index (χ4n) is 2.71. The van der Waals surface area contributed by atoms with E-state index in [0.717, 1.165) is 36.1 Å². The van der Waals surface area contributed by atoms with Crippen LogP contribution in [0, 0.1) is 0 Å². The summed E-state index contributed by atoms with van der Waals surface area (Å²) in [4.78, 5) is 14.5. The van der Waals surface area contributed by atoms with Crippen LogP contribution in [-0.2, 0) is 0 Å². The highest BCUT2D eigenvalue weighted by Gasteiger charge is 2.15. The van der Waals surface area contributed by atoms with E-state index >= 15 is 0 Å². The number of ether oxygens (including phenoxy) is 1. The van der Waals surface area contributed by atoms with Gasteiger partial charge < -0.3 is 15.0 Å². The van der Waals surface area contributed by atoms with Crippen LogP contribution in [0.2, 0.25) is 0 Å². The second-order valence-electron chi connectivity index (χ2n) is 5.91. The van der Waals surface area contributed by atoms with Gasteiger partial charge in [-0.2, -0.15) is 0 Å². The summed E-state index contributed by atoms with van der Waals surface area (Å²) in [5.74, 6) is 0.393. The number of piperidine rings is 1. The number of thiocarbonyl (C=S) groups is 1. The fourth-order valence-corrected chi connectivity index (χ4v) is 3.39. The van der Waals surface area contributed by atoms with Crippen LogP contribution < -0.4 is 10.1 Å². The lowest BCUT2D eigenvalue weighted by molar-refractivity contribution is 0.102. The van der Waals surface area contributed by atoms with Gasteiger partial charge in [0.2, 0.25) is 0 Å². The molecule has 6 heteroatoms. The van der Waals surface area contributed by atoms with E-state index in [1.54, 1.807) is 18.2 Å². The summed E-state index contributed by atoms with van der Waals surface area (Å²) < 4.78 is 6.70. The summed E-state index contributed by atoms with van der Waals surface area (Å²) in [6, 6.07) is 14.5. The Balaban J connectivity index is 1.66. The van der Waals surface area contributed by atoms with Crippen LogP contribution in [-0.4, -0.2) is 29.1 Å². The predicted octanol–water partition coefficient (Wildman–Crippen LogP) is 4.85. The third-order valence-corrected chi connectivity index (χ3v) is 4.83. The van der Waals surface area contributed by atoms with Crippen molar-refractivity contribution in [1.82, 2.24) is 4.90 Å². The maximum absolute atomic E-state index is 12.4. The zero-order valence-electron chi connectivity index (χ0n) is 13.7. The number of carbonyl (C=O) groups excluding carboxylic acids is 1. The molecule has 0 radical (unpaired) electrons. The second kappa shape index (κ2) is 8.45. The van der Waals surface area contributed by atoms with Crippen LogP contribution in [0.5, 0.6) is 5.75 Å². The minimum atomic E-state index is -0.188. The molecule has 2 aromatic rings. The van der Waals surface area contributed by atoms with Crippen molar-refractivity contribution in [2.45, 2.75) is 19.3 Å². The van der Waals surface area contributed by atoms with Gasteiger partial charge in [-0.15, -0.1) is 0 Å². The number of hydrogen-bond donors (Lipinski definition) is 1. The molecule has 0 aliphatic carbocycles. The number of amides is 1. The average molecular weight is 419 g/mol. The van der Waals surface area contributed by atoms with E-state index < -0.39 is 0 Å². The molecule has 130 valence electrons. The average Bonchev–Trinajstić information content (AvgIpc) is 2.62. The molecule has 0 unspecified atom stereocenters. The van der Waals surface area contributed by atoms with Gasteiger partial charge in [0, 0.05) is 28.8 Å². The maximum atomic E-state index is 12.4. The van der Waals surface area contributed by atoms with E-state index in [-0.39, 0.29) is 5.91 Å². The normalized spacial score (nSPS) is 14.0. The Morgan fingerprint density at radius 3 is 2.60 bits per heavy atom. The molecule has 1 heterocycles. The molecule has 1 aliphatic rings. The predicted molar refractivity (Wildman–Crippen MR) is 107 cm³/mol. The maximum Gasteiger partial charge on any atom is 0.264 e. The standard InChI is InChI=1S/C19H19BrN2O2S/c20-15-7-5-8-16(13-15)21-18(23)14-6-4-9-17(12-14)24-19(25)22-10-2-1-3-11-22/h4-9,12-13H,1-3,10-11H2,(H,21,23). The molecule has 3 rings (SSSR count). The molecule has 25 heavy (non-hydrogen) atoms. The van der Waals surface area contributed by atoms with E-state index in [1.165, 1.54) is 6.42 Å². The quantitative estimate of drug-likeness (QED) is 0.723. The van der Waals surface area contributed by atoms with Crippen molar-refractivity contribution >= 4 is 44.9 Å². The van der Waals surface area contributed by atoms with Gasteiger partial charge in [-0.25, -0.2) is 0 Å². The fraction of sp³-hybridized carbons (Fsp3) is 0.263.